The molecule has 2 amide bonds. The normalized spacial score (nSPS) is 14.8. The van der Waals surface area contributed by atoms with Crippen molar-refractivity contribution in [1.29, 1.82) is 0 Å². The number of nitrogens with zero attached hydrogens (tertiary/aromatic N) is 2. The molecule has 0 aliphatic carbocycles. The number of likely N-dealkylation sites (tertiary alicyclic amines) is 1. The Hall–Kier alpha value is -1.76. The van der Waals surface area contributed by atoms with Crippen LogP contribution in [0.15, 0.2) is 41.6 Å². The Kier molecular flexibility index (Phi) is 7.21. The van der Waals surface area contributed by atoms with E-state index in [4.69, 9.17) is 23.2 Å². The molecule has 1 fully saturated rings. The zero-order valence-corrected chi connectivity index (χ0v) is 17.8. The number of nitrogens with one attached hydrogen (secondary N) is 1. The standard InChI is InChI=1S/C20H21Cl2N3O2S/c1-28-19-15(3-2-8-23-19)20(27)25-9-6-13(7-10-25)12-24-18(26)14-4-5-16(21)17(22)11-14/h2-5,8,11,13H,6-7,9-10,12H2,1H3,(H,24,26). The molecule has 5 nitrogen and oxygen atoms in total. The summed E-state index contributed by atoms with van der Waals surface area (Å²) in [7, 11) is 0. The Labute approximate surface area is 178 Å². The van der Waals surface area contributed by atoms with Gasteiger partial charge in [0.25, 0.3) is 11.8 Å². The van der Waals surface area contributed by atoms with E-state index in [1.54, 1.807) is 30.5 Å². The van der Waals surface area contributed by atoms with E-state index in [0.717, 1.165) is 17.9 Å². The minimum absolute atomic E-state index is 0.0238. The molecular weight excluding hydrogens is 417 g/mol. The van der Waals surface area contributed by atoms with Gasteiger partial charge in [-0.1, -0.05) is 23.2 Å². The topological polar surface area (TPSA) is 62.3 Å². The summed E-state index contributed by atoms with van der Waals surface area (Å²) < 4.78 is 0. The van der Waals surface area contributed by atoms with Crippen LogP contribution >= 0.6 is 35.0 Å². The maximum atomic E-state index is 12.8. The predicted molar refractivity (Wildman–Crippen MR) is 113 cm³/mol. The van der Waals surface area contributed by atoms with Crippen molar-refractivity contribution in [3.8, 4) is 0 Å². The second-order valence-corrected chi connectivity index (χ2v) is 8.24. The van der Waals surface area contributed by atoms with Crippen LogP contribution in [-0.4, -0.2) is 47.6 Å². The average Bonchev–Trinajstić information content (AvgIpc) is 2.73. The summed E-state index contributed by atoms with van der Waals surface area (Å²) in [5, 5.41) is 4.49. The van der Waals surface area contributed by atoms with Crippen LogP contribution in [0.3, 0.4) is 0 Å². The van der Waals surface area contributed by atoms with E-state index in [1.165, 1.54) is 11.8 Å². The number of amides is 2. The Balaban J connectivity index is 1.50. The summed E-state index contributed by atoms with van der Waals surface area (Å²) in [6.45, 7) is 1.92. The highest BCUT2D eigenvalue weighted by molar-refractivity contribution is 7.98. The third-order valence-corrected chi connectivity index (χ3v) is 6.28. The van der Waals surface area contributed by atoms with Crippen LogP contribution in [0.2, 0.25) is 10.0 Å². The van der Waals surface area contributed by atoms with Crippen LogP contribution in [0.25, 0.3) is 0 Å². The van der Waals surface area contributed by atoms with Gasteiger partial charge in [0.1, 0.15) is 5.03 Å². The lowest BCUT2D eigenvalue weighted by atomic mass is 9.96. The van der Waals surface area contributed by atoms with Gasteiger partial charge in [-0.3, -0.25) is 9.59 Å². The van der Waals surface area contributed by atoms with Crippen molar-refractivity contribution >= 4 is 46.8 Å². The largest absolute Gasteiger partial charge is 0.352 e. The third-order valence-electron chi connectivity index (χ3n) is 4.83. The molecule has 0 bridgehead atoms. The lowest BCUT2D eigenvalue weighted by Crippen LogP contribution is -2.41. The SMILES string of the molecule is CSc1ncccc1C(=O)N1CCC(CNC(=O)c2ccc(Cl)c(Cl)c2)CC1. The zero-order chi connectivity index (χ0) is 20.1. The van der Waals surface area contributed by atoms with Crippen LogP contribution in [0.1, 0.15) is 33.6 Å². The van der Waals surface area contributed by atoms with E-state index < -0.39 is 0 Å². The van der Waals surface area contributed by atoms with Gasteiger partial charge in [-0.05, 0) is 55.3 Å². The lowest BCUT2D eigenvalue weighted by Gasteiger charge is -2.32. The molecule has 8 heteroatoms. The van der Waals surface area contributed by atoms with Gasteiger partial charge in [0.05, 0.1) is 15.6 Å². The van der Waals surface area contributed by atoms with E-state index in [0.29, 0.717) is 46.7 Å². The first-order valence-corrected chi connectivity index (χ1v) is 11.0. The lowest BCUT2D eigenvalue weighted by molar-refractivity contribution is 0.0680. The van der Waals surface area contributed by atoms with Crippen molar-refractivity contribution in [2.24, 2.45) is 5.92 Å². The first-order valence-electron chi connectivity index (χ1n) is 9.01. The molecule has 1 aliphatic rings. The first-order chi connectivity index (χ1) is 13.5. The minimum Gasteiger partial charge on any atom is -0.352 e. The molecule has 28 heavy (non-hydrogen) atoms. The number of aromatic nitrogens is 1. The molecule has 3 rings (SSSR count). The van der Waals surface area contributed by atoms with Gasteiger partial charge in [-0.15, -0.1) is 11.8 Å². The van der Waals surface area contributed by atoms with Crippen molar-refractivity contribution in [3.63, 3.8) is 0 Å². The number of hydrogen-bond donors (Lipinski definition) is 1. The van der Waals surface area contributed by atoms with E-state index >= 15 is 0 Å². The van der Waals surface area contributed by atoms with Crippen molar-refractivity contribution < 1.29 is 9.59 Å². The molecule has 0 radical (unpaired) electrons. The molecule has 2 aromatic rings. The fourth-order valence-electron chi connectivity index (χ4n) is 3.20. The summed E-state index contributed by atoms with van der Waals surface area (Å²) >= 11 is 13.3. The van der Waals surface area contributed by atoms with Crippen molar-refractivity contribution in [3.05, 3.63) is 57.7 Å². The number of halogens is 2. The fraction of sp³-hybridized carbons (Fsp3) is 0.350. The molecule has 0 atom stereocenters. The van der Waals surface area contributed by atoms with Crippen LogP contribution in [0, 0.1) is 5.92 Å². The maximum absolute atomic E-state index is 12.8. The zero-order valence-electron chi connectivity index (χ0n) is 15.5. The third kappa shape index (κ3) is 4.99. The summed E-state index contributed by atoms with van der Waals surface area (Å²) in [5.74, 6) is 0.192. The number of thioether (sulfide) groups is 1. The van der Waals surface area contributed by atoms with Crippen molar-refractivity contribution in [2.75, 3.05) is 25.9 Å². The average molecular weight is 438 g/mol. The van der Waals surface area contributed by atoms with Gasteiger partial charge in [-0.2, -0.15) is 0 Å². The second kappa shape index (κ2) is 9.63. The second-order valence-electron chi connectivity index (χ2n) is 6.63. The van der Waals surface area contributed by atoms with Gasteiger partial charge in [-0.25, -0.2) is 4.98 Å². The van der Waals surface area contributed by atoms with Gasteiger partial charge < -0.3 is 10.2 Å². The Bertz CT molecular complexity index is 870. The summed E-state index contributed by atoms with van der Waals surface area (Å²) in [6, 6.07) is 8.45. The predicted octanol–water partition coefficient (Wildman–Crippen LogP) is 4.39. The molecule has 0 spiro atoms. The van der Waals surface area contributed by atoms with E-state index in [9.17, 15) is 9.59 Å². The molecule has 0 saturated carbocycles. The molecule has 1 saturated heterocycles. The number of carbonyl (C=O) groups is 2. The molecular formula is C20H21Cl2N3O2S. The summed E-state index contributed by atoms with van der Waals surface area (Å²) in [6.07, 6.45) is 5.32. The van der Waals surface area contributed by atoms with Gasteiger partial charge in [0.15, 0.2) is 0 Å². The number of benzene rings is 1. The highest BCUT2D eigenvalue weighted by atomic mass is 35.5. The number of carbonyl (C=O) groups excluding carboxylic acids is 2. The van der Waals surface area contributed by atoms with Crippen LogP contribution in [-0.2, 0) is 0 Å². The van der Waals surface area contributed by atoms with Gasteiger partial charge in [0.2, 0.25) is 0 Å². The molecule has 1 aliphatic heterocycles. The van der Waals surface area contributed by atoms with Crippen molar-refractivity contribution in [1.82, 2.24) is 15.2 Å². The minimum atomic E-state index is -0.169. The fourth-order valence-corrected chi connectivity index (χ4v) is 4.04. The number of pyridine rings is 1. The molecule has 148 valence electrons. The number of hydrogen-bond acceptors (Lipinski definition) is 4. The quantitative estimate of drug-likeness (QED) is 0.704. The highest BCUT2D eigenvalue weighted by Crippen LogP contribution is 2.24. The first kappa shape index (κ1) is 21.0. The smallest absolute Gasteiger partial charge is 0.256 e. The molecule has 0 unspecified atom stereocenters. The monoisotopic (exact) mass is 437 g/mol. The molecule has 1 N–H and O–H groups in total. The number of piperidine rings is 1. The Morgan fingerprint density at radius 2 is 1.96 bits per heavy atom. The van der Waals surface area contributed by atoms with Gasteiger partial charge in [0, 0.05) is 31.4 Å². The van der Waals surface area contributed by atoms with Crippen LogP contribution < -0.4 is 5.32 Å². The Morgan fingerprint density at radius 3 is 2.64 bits per heavy atom. The molecule has 1 aromatic carbocycles. The molecule has 1 aromatic heterocycles. The van der Waals surface area contributed by atoms with Crippen molar-refractivity contribution in [2.45, 2.75) is 17.9 Å². The van der Waals surface area contributed by atoms with E-state index in [-0.39, 0.29) is 11.8 Å². The maximum Gasteiger partial charge on any atom is 0.256 e. The van der Waals surface area contributed by atoms with Gasteiger partial charge >= 0.3 is 0 Å². The summed E-state index contributed by atoms with van der Waals surface area (Å²) in [4.78, 5) is 31.2. The molecule has 2 heterocycles. The van der Waals surface area contributed by atoms with Crippen LogP contribution in [0.4, 0.5) is 0 Å². The number of rotatable bonds is 5. The van der Waals surface area contributed by atoms with E-state index in [1.807, 2.05) is 17.2 Å². The Morgan fingerprint density at radius 1 is 1.21 bits per heavy atom. The highest BCUT2D eigenvalue weighted by Gasteiger charge is 2.25. The van der Waals surface area contributed by atoms with Crippen LogP contribution in [0.5, 0.6) is 0 Å². The van der Waals surface area contributed by atoms with E-state index in [2.05, 4.69) is 10.3 Å². The summed E-state index contributed by atoms with van der Waals surface area (Å²) in [5.41, 5.74) is 1.14.